The lowest BCUT2D eigenvalue weighted by Gasteiger charge is -2.10. The smallest absolute Gasteiger partial charge is 0.248 e. The first-order valence-corrected chi connectivity index (χ1v) is 4.95. The Balaban J connectivity index is 2.99. The van der Waals surface area contributed by atoms with E-state index in [2.05, 4.69) is 5.32 Å². The summed E-state index contributed by atoms with van der Waals surface area (Å²) in [5.74, 6) is -0.975. The molecule has 0 aliphatic heterocycles. The molecule has 0 fully saturated rings. The first kappa shape index (κ1) is 12.5. The Morgan fingerprint density at radius 2 is 2.06 bits per heavy atom. The molecule has 5 N–H and O–H groups in total. The van der Waals surface area contributed by atoms with Crippen molar-refractivity contribution in [3.05, 3.63) is 28.8 Å². The molecular formula is C10H12ClN3O2. The van der Waals surface area contributed by atoms with Gasteiger partial charge in [0.1, 0.15) is 0 Å². The highest BCUT2D eigenvalue weighted by molar-refractivity contribution is 6.34. The van der Waals surface area contributed by atoms with E-state index in [4.69, 9.17) is 23.1 Å². The third-order valence-corrected chi connectivity index (χ3v) is 2.25. The number of carbonyl (C=O) groups excluding carboxylic acids is 2. The van der Waals surface area contributed by atoms with Crippen LogP contribution in [0.5, 0.6) is 0 Å². The number of halogens is 1. The quantitative estimate of drug-likeness (QED) is 0.727. The van der Waals surface area contributed by atoms with Gasteiger partial charge in [0.15, 0.2) is 0 Å². The maximum absolute atomic E-state index is 11.3. The minimum Gasteiger partial charge on any atom is -0.366 e. The van der Waals surface area contributed by atoms with Gasteiger partial charge in [0.05, 0.1) is 16.8 Å². The SMILES string of the molecule is CC(N)C(=O)Nc1cc(C(N)=O)ccc1Cl. The van der Waals surface area contributed by atoms with E-state index in [0.717, 1.165) is 0 Å². The Morgan fingerprint density at radius 3 is 2.56 bits per heavy atom. The summed E-state index contributed by atoms with van der Waals surface area (Å²) in [5.41, 5.74) is 11.1. The third-order valence-electron chi connectivity index (χ3n) is 1.92. The van der Waals surface area contributed by atoms with Crippen LogP contribution in [0.25, 0.3) is 0 Å². The van der Waals surface area contributed by atoms with Crippen molar-refractivity contribution in [2.24, 2.45) is 11.5 Å². The second kappa shape index (κ2) is 4.96. The minimum absolute atomic E-state index is 0.268. The highest BCUT2D eigenvalue weighted by Crippen LogP contribution is 2.22. The average molecular weight is 242 g/mol. The molecule has 0 aromatic heterocycles. The molecule has 5 nitrogen and oxygen atoms in total. The fraction of sp³-hybridized carbons (Fsp3) is 0.200. The summed E-state index contributed by atoms with van der Waals surface area (Å²) in [6.07, 6.45) is 0. The predicted molar refractivity (Wildman–Crippen MR) is 62.2 cm³/mol. The molecule has 1 unspecified atom stereocenters. The van der Waals surface area contributed by atoms with E-state index >= 15 is 0 Å². The van der Waals surface area contributed by atoms with Gasteiger partial charge in [-0.1, -0.05) is 11.6 Å². The summed E-state index contributed by atoms with van der Waals surface area (Å²) >= 11 is 5.84. The van der Waals surface area contributed by atoms with Crippen LogP contribution < -0.4 is 16.8 Å². The van der Waals surface area contributed by atoms with Gasteiger partial charge in [-0.25, -0.2) is 0 Å². The Bertz CT molecular complexity index is 432. The number of nitrogens with one attached hydrogen (secondary N) is 1. The van der Waals surface area contributed by atoms with Gasteiger partial charge < -0.3 is 16.8 Å². The van der Waals surface area contributed by atoms with Crippen LogP contribution in [-0.4, -0.2) is 17.9 Å². The number of primary amides is 1. The van der Waals surface area contributed by atoms with Gasteiger partial charge in [-0.3, -0.25) is 9.59 Å². The van der Waals surface area contributed by atoms with Crippen molar-refractivity contribution in [1.82, 2.24) is 0 Å². The molecule has 1 aromatic carbocycles. The van der Waals surface area contributed by atoms with E-state index in [0.29, 0.717) is 10.7 Å². The van der Waals surface area contributed by atoms with Crippen molar-refractivity contribution in [1.29, 1.82) is 0 Å². The van der Waals surface area contributed by atoms with E-state index in [1.807, 2.05) is 0 Å². The van der Waals surface area contributed by atoms with E-state index in [1.165, 1.54) is 18.2 Å². The number of amides is 2. The monoisotopic (exact) mass is 241 g/mol. The van der Waals surface area contributed by atoms with Crippen LogP contribution in [0.15, 0.2) is 18.2 Å². The molecule has 2 amide bonds. The van der Waals surface area contributed by atoms with Crippen molar-refractivity contribution >= 4 is 29.1 Å². The largest absolute Gasteiger partial charge is 0.366 e. The van der Waals surface area contributed by atoms with Gasteiger partial charge in [0, 0.05) is 5.56 Å². The first-order chi connectivity index (χ1) is 7.41. The molecular weight excluding hydrogens is 230 g/mol. The molecule has 0 saturated heterocycles. The molecule has 6 heteroatoms. The van der Waals surface area contributed by atoms with Crippen molar-refractivity contribution in [3.8, 4) is 0 Å². The fourth-order valence-electron chi connectivity index (χ4n) is 1.02. The Labute approximate surface area is 97.7 Å². The van der Waals surface area contributed by atoms with Crippen LogP contribution in [0, 0.1) is 0 Å². The molecule has 0 aliphatic carbocycles. The zero-order valence-corrected chi connectivity index (χ0v) is 9.41. The van der Waals surface area contributed by atoms with Crippen LogP contribution in [0.4, 0.5) is 5.69 Å². The second-order valence-corrected chi connectivity index (χ2v) is 3.74. The third kappa shape index (κ3) is 2.95. The highest BCUT2D eigenvalue weighted by atomic mass is 35.5. The summed E-state index contributed by atoms with van der Waals surface area (Å²) in [5, 5.41) is 2.82. The molecule has 0 bridgehead atoms. The van der Waals surface area contributed by atoms with Crippen LogP contribution in [-0.2, 0) is 4.79 Å². The van der Waals surface area contributed by atoms with Gasteiger partial charge >= 0.3 is 0 Å². The molecule has 1 rings (SSSR count). The number of nitrogens with two attached hydrogens (primary N) is 2. The van der Waals surface area contributed by atoms with Crippen LogP contribution >= 0.6 is 11.6 Å². The van der Waals surface area contributed by atoms with E-state index < -0.39 is 11.9 Å². The van der Waals surface area contributed by atoms with Crippen molar-refractivity contribution < 1.29 is 9.59 Å². The number of hydrogen-bond acceptors (Lipinski definition) is 3. The number of rotatable bonds is 3. The average Bonchev–Trinajstić information content (AvgIpc) is 2.20. The van der Waals surface area contributed by atoms with Gasteiger partial charge in [0.25, 0.3) is 0 Å². The molecule has 86 valence electrons. The van der Waals surface area contributed by atoms with Gasteiger partial charge in [0.2, 0.25) is 11.8 Å². The summed E-state index contributed by atoms with van der Waals surface area (Å²) in [4.78, 5) is 22.3. The Hall–Kier alpha value is -1.59. The molecule has 0 heterocycles. The fourth-order valence-corrected chi connectivity index (χ4v) is 1.19. The molecule has 0 radical (unpaired) electrons. The summed E-state index contributed by atoms with van der Waals surface area (Å²) in [6.45, 7) is 1.54. The highest BCUT2D eigenvalue weighted by Gasteiger charge is 2.11. The minimum atomic E-state index is -0.659. The molecule has 1 atom stereocenters. The lowest BCUT2D eigenvalue weighted by atomic mass is 10.2. The van der Waals surface area contributed by atoms with Crippen LogP contribution in [0.2, 0.25) is 5.02 Å². The van der Waals surface area contributed by atoms with E-state index in [1.54, 1.807) is 6.92 Å². The lowest BCUT2D eigenvalue weighted by molar-refractivity contribution is -0.117. The molecule has 1 aromatic rings. The standard InChI is InChI=1S/C10H12ClN3O2/c1-5(12)10(16)14-8-4-6(9(13)15)2-3-7(8)11/h2-5H,12H2,1H3,(H2,13,15)(H,14,16). The van der Waals surface area contributed by atoms with E-state index in [-0.39, 0.29) is 11.5 Å². The second-order valence-electron chi connectivity index (χ2n) is 3.34. The predicted octanol–water partition coefficient (Wildman–Crippen LogP) is 0.725. The zero-order valence-electron chi connectivity index (χ0n) is 8.66. The number of anilines is 1. The summed E-state index contributed by atoms with van der Waals surface area (Å²) in [6, 6.07) is 3.71. The van der Waals surface area contributed by atoms with Gasteiger partial charge in [-0.15, -0.1) is 0 Å². The number of hydrogen-bond donors (Lipinski definition) is 3. The summed E-state index contributed by atoms with van der Waals surface area (Å²) < 4.78 is 0. The van der Waals surface area contributed by atoms with Crippen LogP contribution in [0.3, 0.4) is 0 Å². The van der Waals surface area contributed by atoms with Gasteiger partial charge in [-0.05, 0) is 25.1 Å². The zero-order chi connectivity index (χ0) is 12.3. The summed E-state index contributed by atoms with van der Waals surface area (Å²) in [7, 11) is 0. The maximum Gasteiger partial charge on any atom is 0.248 e. The van der Waals surface area contributed by atoms with E-state index in [9.17, 15) is 9.59 Å². The molecule has 0 spiro atoms. The Morgan fingerprint density at radius 1 is 1.44 bits per heavy atom. The number of carbonyl (C=O) groups is 2. The van der Waals surface area contributed by atoms with Crippen molar-refractivity contribution in [2.75, 3.05) is 5.32 Å². The molecule has 0 saturated carbocycles. The topological polar surface area (TPSA) is 98.2 Å². The first-order valence-electron chi connectivity index (χ1n) is 4.57. The normalized spacial score (nSPS) is 11.9. The Kier molecular flexibility index (Phi) is 3.87. The maximum atomic E-state index is 11.3. The molecule has 0 aliphatic rings. The number of benzene rings is 1. The lowest BCUT2D eigenvalue weighted by Crippen LogP contribution is -2.32. The van der Waals surface area contributed by atoms with Gasteiger partial charge in [-0.2, -0.15) is 0 Å². The molecule has 16 heavy (non-hydrogen) atoms. The van der Waals surface area contributed by atoms with Crippen LogP contribution in [0.1, 0.15) is 17.3 Å². The van der Waals surface area contributed by atoms with Crippen molar-refractivity contribution in [3.63, 3.8) is 0 Å². The van der Waals surface area contributed by atoms with Crippen molar-refractivity contribution in [2.45, 2.75) is 13.0 Å².